The maximum absolute atomic E-state index is 11.6. The smallest absolute Gasteiger partial charge is 0.309 e. The van der Waals surface area contributed by atoms with Crippen molar-refractivity contribution in [3.8, 4) is 0 Å². The lowest BCUT2D eigenvalue weighted by atomic mass is 10.3. The summed E-state index contributed by atoms with van der Waals surface area (Å²) < 4.78 is 6.79. The Hall–Kier alpha value is -1.96. The number of nitrogens with zero attached hydrogens (tertiary/aromatic N) is 3. The fourth-order valence-electron chi connectivity index (χ4n) is 1.72. The minimum Gasteiger partial charge on any atom is -0.379 e. The molecule has 0 unspecified atom stereocenters. The van der Waals surface area contributed by atoms with Crippen LogP contribution in [0.4, 0.5) is 5.69 Å². The molecule has 1 amide bonds. The van der Waals surface area contributed by atoms with Crippen molar-refractivity contribution >= 4 is 11.6 Å². The van der Waals surface area contributed by atoms with Crippen LogP contribution in [0.3, 0.4) is 0 Å². The lowest BCUT2D eigenvalue weighted by Crippen LogP contribution is -2.26. The lowest BCUT2D eigenvalue weighted by Gasteiger charge is -2.08. The van der Waals surface area contributed by atoms with Gasteiger partial charge in [-0.05, 0) is 27.2 Å². The van der Waals surface area contributed by atoms with Crippen molar-refractivity contribution in [2.45, 2.75) is 46.3 Å². The molecule has 0 atom stereocenters. The average molecular weight is 298 g/mol. The second-order valence-corrected chi connectivity index (χ2v) is 4.99. The van der Waals surface area contributed by atoms with Crippen LogP contribution >= 0.6 is 0 Å². The number of carbonyl (C=O) groups excluding carboxylic acids is 1. The Kier molecular flexibility index (Phi) is 6.80. The van der Waals surface area contributed by atoms with Crippen molar-refractivity contribution in [3.63, 3.8) is 0 Å². The Balaban J connectivity index is 2.24. The van der Waals surface area contributed by atoms with Gasteiger partial charge in [0.15, 0.2) is 0 Å². The normalized spacial score (nSPS) is 10.9. The fraction of sp³-hybridized carbons (Fsp3) is 0.692. The van der Waals surface area contributed by atoms with Crippen molar-refractivity contribution in [1.29, 1.82) is 0 Å². The minimum atomic E-state index is -0.479. The van der Waals surface area contributed by atoms with Gasteiger partial charge in [0.1, 0.15) is 11.9 Å². The maximum Gasteiger partial charge on any atom is 0.309 e. The molecule has 8 heteroatoms. The second kappa shape index (κ2) is 8.35. The van der Waals surface area contributed by atoms with E-state index in [1.54, 1.807) is 6.92 Å². The molecule has 0 aliphatic heterocycles. The molecule has 0 fully saturated rings. The molecule has 0 radical (unpaired) electrons. The monoisotopic (exact) mass is 298 g/mol. The number of nitro groups is 1. The van der Waals surface area contributed by atoms with Crippen molar-refractivity contribution in [2.24, 2.45) is 0 Å². The van der Waals surface area contributed by atoms with E-state index in [9.17, 15) is 14.9 Å². The summed E-state index contributed by atoms with van der Waals surface area (Å²) >= 11 is 0. The van der Waals surface area contributed by atoms with Crippen LogP contribution < -0.4 is 5.32 Å². The minimum absolute atomic E-state index is 0.0266. The highest BCUT2D eigenvalue weighted by Gasteiger charge is 2.15. The molecule has 0 spiro atoms. The highest BCUT2D eigenvalue weighted by molar-refractivity contribution is 5.75. The summed E-state index contributed by atoms with van der Waals surface area (Å²) in [6, 6.07) is 0. The molecule has 118 valence electrons. The molecular weight excluding hydrogens is 276 g/mol. The van der Waals surface area contributed by atoms with Gasteiger partial charge in [-0.2, -0.15) is 5.10 Å². The van der Waals surface area contributed by atoms with Gasteiger partial charge in [-0.3, -0.25) is 19.6 Å². The van der Waals surface area contributed by atoms with Crippen molar-refractivity contribution in [2.75, 3.05) is 13.2 Å². The molecule has 0 aliphatic rings. The zero-order valence-electron chi connectivity index (χ0n) is 12.7. The molecule has 1 rings (SSSR count). The highest BCUT2D eigenvalue weighted by Crippen LogP contribution is 2.14. The molecule has 1 N–H and O–H groups in total. The molecule has 0 saturated carbocycles. The molecule has 0 saturated heterocycles. The molecule has 21 heavy (non-hydrogen) atoms. The average Bonchev–Trinajstić information content (AvgIpc) is 2.77. The fourth-order valence-corrected chi connectivity index (χ4v) is 1.72. The number of aromatic nitrogens is 2. The summed E-state index contributed by atoms with van der Waals surface area (Å²) in [4.78, 5) is 21.8. The van der Waals surface area contributed by atoms with Gasteiger partial charge in [-0.25, -0.2) is 0 Å². The SMILES string of the molecule is Cc1nn(CCC(=O)NCCCOC(C)C)cc1[N+](=O)[O-]. The molecule has 0 bridgehead atoms. The molecule has 0 aliphatic carbocycles. The van der Waals surface area contributed by atoms with Gasteiger partial charge >= 0.3 is 5.69 Å². The van der Waals surface area contributed by atoms with Crippen LogP contribution in [0.15, 0.2) is 6.20 Å². The molecule has 1 heterocycles. The third-order valence-electron chi connectivity index (χ3n) is 2.78. The number of carbonyl (C=O) groups is 1. The summed E-state index contributed by atoms with van der Waals surface area (Å²) in [7, 11) is 0. The Labute approximate surface area is 123 Å². The van der Waals surface area contributed by atoms with E-state index in [0.29, 0.717) is 25.4 Å². The third kappa shape index (κ3) is 6.35. The summed E-state index contributed by atoms with van der Waals surface area (Å²) in [6.07, 6.45) is 2.54. The van der Waals surface area contributed by atoms with Crippen LogP contribution in [-0.2, 0) is 16.1 Å². The molecular formula is C13H22N4O4. The number of nitrogens with one attached hydrogen (secondary N) is 1. The van der Waals surface area contributed by atoms with Gasteiger partial charge in [0.2, 0.25) is 5.91 Å². The molecule has 1 aromatic rings. The number of amides is 1. The number of hydrogen-bond acceptors (Lipinski definition) is 5. The summed E-state index contributed by atoms with van der Waals surface area (Å²) in [5, 5.41) is 17.5. The van der Waals surface area contributed by atoms with E-state index in [2.05, 4.69) is 10.4 Å². The van der Waals surface area contributed by atoms with Gasteiger partial charge in [-0.1, -0.05) is 0 Å². The van der Waals surface area contributed by atoms with Gasteiger partial charge in [0.05, 0.1) is 11.0 Å². The highest BCUT2D eigenvalue weighted by atomic mass is 16.6. The first-order chi connectivity index (χ1) is 9.90. The topological polar surface area (TPSA) is 99.3 Å². The van der Waals surface area contributed by atoms with Crippen LogP contribution in [0, 0.1) is 17.0 Å². The van der Waals surface area contributed by atoms with E-state index in [1.165, 1.54) is 10.9 Å². The molecule has 1 aromatic heterocycles. The molecule has 8 nitrogen and oxygen atoms in total. The standard InChI is InChI=1S/C13H22N4O4/c1-10(2)21-8-4-6-14-13(18)5-7-16-9-12(17(19)20)11(3)15-16/h9-10H,4-8H2,1-3H3,(H,14,18). The van der Waals surface area contributed by atoms with Gasteiger partial charge in [0, 0.05) is 26.1 Å². The van der Waals surface area contributed by atoms with Crippen LogP contribution in [0.1, 0.15) is 32.4 Å². The number of hydrogen-bond donors (Lipinski definition) is 1. The van der Waals surface area contributed by atoms with Gasteiger partial charge in [-0.15, -0.1) is 0 Å². The predicted molar refractivity (Wildman–Crippen MR) is 77.0 cm³/mol. The number of rotatable bonds is 9. The Bertz CT molecular complexity index is 485. The largest absolute Gasteiger partial charge is 0.379 e. The van der Waals surface area contributed by atoms with Gasteiger partial charge < -0.3 is 10.1 Å². The predicted octanol–water partition coefficient (Wildman–Crippen LogP) is 1.42. The van der Waals surface area contributed by atoms with Crippen molar-refractivity contribution < 1.29 is 14.5 Å². The summed E-state index contributed by atoms with van der Waals surface area (Å²) in [5.41, 5.74) is 0.326. The van der Waals surface area contributed by atoms with Crippen LogP contribution in [0.25, 0.3) is 0 Å². The van der Waals surface area contributed by atoms with Crippen LogP contribution in [0.2, 0.25) is 0 Å². The first-order valence-corrected chi connectivity index (χ1v) is 6.97. The summed E-state index contributed by atoms with van der Waals surface area (Å²) in [5.74, 6) is -0.102. The van der Waals surface area contributed by atoms with Crippen LogP contribution in [-0.4, -0.2) is 39.9 Å². The van der Waals surface area contributed by atoms with E-state index < -0.39 is 4.92 Å². The Morgan fingerprint density at radius 2 is 2.29 bits per heavy atom. The van der Waals surface area contributed by atoms with E-state index in [0.717, 1.165) is 6.42 Å². The zero-order valence-corrected chi connectivity index (χ0v) is 12.7. The third-order valence-corrected chi connectivity index (χ3v) is 2.78. The number of aryl methyl sites for hydroxylation is 2. The second-order valence-electron chi connectivity index (χ2n) is 4.99. The maximum atomic E-state index is 11.6. The lowest BCUT2D eigenvalue weighted by molar-refractivity contribution is -0.385. The van der Waals surface area contributed by atoms with Crippen LogP contribution in [0.5, 0.6) is 0 Å². The first kappa shape index (κ1) is 17.1. The Morgan fingerprint density at radius 1 is 1.57 bits per heavy atom. The quantitative estimate of drug-likeness (QED) is 0.422. The van der Waals surface area contributed by atoms with E-state index in [1.807, 2.05) is 13.8 Å². The van der Waals surface area contributed by atoms with E-state index >= 15 is 0 Å². The number of ether oxygens (including phenoxy) is 1. The first-order valence-electron chi connectivity index (χ1n) is 6.97. The van der Waals surface area contributed by atoms with E-state index in [-0.39, 0.29) is 24.1 Å². The summed E-state index contributed by atoms with van der Waals surface area (Å²) in [6.45, 7) is 6.99. The Morgan fingerprint density at radius 3 is 2.86 bits per heavy atom. The molecule has 0 aromatic carbocycles. The van der Waals surface area contributed by atoms with Crippen molar-refractivity contribution in [1.82, 2.24) is 15.1 Å². The van der Waals surface area contributed by atoms with Crippen molar-refractivity contribution in [3.05, 3.63) is 22.0 Å². The zero-order chi connectivity index (χ0) is 15.8. The van der Waals surface area contributed by atoms with E-state index in [4.69, 9.17) is 4.74 Å². The van der Waals surface area contributed by atoms with Gasteiger partial charge in [0.25, 0.3) is 0 Å².